The summed E-state index contributed by atoms with van der Waals surface area (Å²) in [5.41, 5.74) is 4.62. The average molecular weight is 285 g/mol. The van der Waals surface area contributed by atoms with Gasteiger partial charge in [0.1, 0.15) is 5.01 Å². The maximum Gasteiger partial charge on any atom is 0.116 e. The van der Waals surface area contributed by atoms with Crippen LogP contribution in [0.4, 0.5) is 0 Å². The largest absolute Gasteiger partial charge is 0.504 e. The smallest absolute Gasteiger partial charge is 0.116 e. The molecule has 2 rings (SSSR count). The van der Waals surface area contributed by atoms with Crippen LogP contribution in [0.3, 0.4) is 0 Å². The molecular weight excluding hydrogens is 266 g/mol. The fourth-order valence-corrected chi connectivity index (χ4v) is 2.71. The minimum absolute atomic E-state index is 0.907. The van der Waals surface area contributed by atoms with Crippen LogP contribution in [0.15, 0.2) is 52.7 Å². The van der Waals surface area contributed by atoms with Gasteiger partial charge in [0, 0.05) is 5.38 Å². The Hall–Kier alpha value is -1.87. The summed E-state index contributed by atoms with van der Waals surface area (Å²) < 4.78 is 5.12. The number of ether oxygens (including phenoxy) is 1. The number of nitrogens with zero attached hydrogens (tertiary/aromatic N) is 1. The van der Waals surface area contributed by atoms with Crippen molar-refractivity contribution >= 4 is 23.5 Å². The molecule has 0 unspecified atom stereocenters. The molecule has 20 heavy (non-hydrogen) atoms. The summed E-state index contributed by atoms with van der Waals surface area (Å²) in [7, 11) is 1.68. The van der Waals surface area contributed by atoms with E-state index in [1.807, 2.05) is 6.08 Å². The number of hydrogen-bond donors (Lipinski definition) is 0. The molecule has 3 heteroatoms. The SMILES string of the molecule is CO/C=C1\CC=CC=C1C=Cc1csc(C=C(C)C)n1. The summed E-state index contributed by atoms with van der Waals surface area (Å²) in [6.45, 7) is 4.16. The van der Waals surface area contributed by atoms with Crippen LogP contribution in [0, 0.1) is 0 Å². The molecule has 1 heterocycles. The van der Waals surface area contributed by atoms with Gasteiger partial charge in [0.25, 0.3) is 0 Å². The zero-order valence-corrected chi connectivity index (χ0v) is 12.9. The summed E-state index contributed by atoms with van der Waals surface area (Å²) in [5, 5.41) is 3.12. The van der Waals surface area contributed by atoms with Crippen LogP contribution in [0.25, 0.3) is 12.2 Å². The first-order chi connectivity index (χ1) is 9.69. The number of aromatic nitrogens is 1. The summed E-state index contributed by atoms with van der Waals surface area (Å²) in [5.74, 6) is 0. The molecule has 0 atom stereocenters. The van der Waals surface area contributed by atoms with E-state index in [1.54, 1.807) is 24.7 Å². The predicted octanol–water partition coefficient (Wildman–Crippen LogP) is 5.00. The van der Waals surface area contributed by atoms with Crippen LogP contribution in [-0.2, 0) is 4.74 Å². The molecule has 1 aromatic rings. The van der Waals surface area contributed by atoms with Crippen molar-refractivity contribution in [2.75, 3.05) is 7.11 Å². The van der Waals surface area contributed by atoms with Crippen molar-refractivity contribution in [2.24, 2.45) is 0 Å². The lowest BCUT2D eigenvalue weighted by Gasteiger charge is -2.08. The van der Waals surface area contributed by atoms with Crippen molar-refractivity contribution < 1.29 is 4.74 Å². The maximum atomic E-state index is 5.12. The Morgan fingerprint density at radius 1 is 1.35 bits per heavy atom. The van der Waals surface area contributed by atoms with Gasteiger partial charge in [-0.25, -0.2) is 4.98 Å². The first-order valence-electron chi connectivity index (χ1n) is 6.56. The van der Waals surface area contributed by atoms with E-state index in [1.165, 1.54) is 16.7 Å². The number of hydrogen-bond acceptors (Lipinski definition) is 3. The highest BCUT2D eigenvalue weighted by atomic mass is 32.1. The molecule has 0 saturated carbocycles. The standard InChI is InChI=1S/C17H19NOS/c1-13(2)10-17-18-16(12-20-17)9-8-14-6-4-5-7-15(14)11-19-3/h4-6,8-12H,7H2,1-3H3/b9-8?,15-11+. The summed E-state index contributed by atoms with van der Waals surface area (Å²) in [6, 6.07) is 0. The predicted molar refractivity (Wildman–Crippen MR) is 87.4 cm³/mol. The van der Waals surface area contributed by atoms with Crippen LogP contribution in [0.5, 0.6) is 0 Å². The Morgan fingerprint density at radius 2 is 2.20 bits per heavy atom. The summed E-state index contributed by atoms with van der Waals surface area (Å²) in [4.78, 5) is 4.57. The topological polar surface area (TPSA) is 22.1 Å². The lowest BCUT2D eigenvalue weighted by Crippen LogP contribution is -1.91. The number of thiazole rings is 1. The van der Waals surface area contributed by atoms with E-state index in [0.717, 1.165) is 17.1 Å². The van der Waals surface area contributed by atoms with Crippen LogP contribution in [-0.4, -0.2) is 12.1 Å². The summed E-state index contributed by atoms with van der Waals surface area (Å²) >= 11 is 1.66. The van der Waals surface area contributed by atoms with Crippen LogP contribution < -0.4 is 0 Å². The second-order valence-corrected chi connectivity index (χ2v) is 5.69. The Bertz CT molecular complexity index is 611. The third kappa shape index (κ3) is 4.07. The van der Waals surface area contributed by atoms with Gasteiger partial charge in [-0.2, -0.15) is 0 Å². The molecule has 1 aliphatic rings. The van der Waals surface area contributed by atoms with Gasteiger partial charge in [-0.15, -0.1) is 11.3 Å². The van der Waals surface area contributed by atoms with Crippen LogP contribution >= 0.6 is 11.3 Å². The molecule has 0 fully saturated rings. The van der Waals surface area contributed by atoms with E-state index in [0.29, 0.717) is 0 Å². The van der Waals surface area contributed by atoms with E-state index in [4.69, 9.17) is 4.74 Å². The maximum absolute atomic E-state index is 5.12. The van der Waals surface area contributed by atoms with Crippen molar-refractivity contribution in [1.82, 2.24) is 4.98 Å². The van der Waals surface area contributed by atoms with Crippen molar-refractivity contribution in [1.29, 1.82) is 0 Å². The fraction of sp³-hybridized carbons (Fsp3) is 0.235. The molecule has 0 bridgehead atoms. The molecule has 0 N–H and O–H groups in total. The normalized spacial score (nSPS) is 16.6. The Kier molecular flexibility index (Phi) is 5.13. The van der Waals surface area contributed by atoms with Crippen molar-refractivity contribution in [3.63, 3.8) is 0 Å². The number of allylic oxidation sites excluding steroid dienone is 7. The van der Waals surface area contributed by atoms with Gasteiger partial charge in [-0.1, -0.05) is 29.9 Å². The highest BCUT2D eigenvalue weighted by Gasteiger charge is 2.04. The molecule has 0 amide bonds. The Morgan fingerprint density at radius 3 is 2.95 bits per heavy atom. The van der Waals surface area contributed by atoms with Crippen LogP contribution in [0.1, 0.15) is 31.0 Å². The van der Waals surface area contributed by atoms with Gasteiger partial charge in [-0.3, -0.25) is 0 Å². The van der Waals surface area contributed by atoms with E-state index >= 15 is 0 Å². The molecule has 1 aliphatic carbocycles. The second kappa shape index (κ2) is 7.06. The van der Waals surface area contributed by atoms with Gasteiger partial charge in [0.2, 0.25) is 0 Å². The average Bonchev–Trinajstić information content (AvgIpc) is 2.85. The van der Waals surface area contributed by atoms with Gasteiger partial charge in [0.15, 0.2) is 0 Å². The fourth-order valence-electron chi connectivity index (χ4n) is 1.88. The number of methoxy groups -OCH3 is 1. The van der Waals surface area contributed by atoms with Crippen LogP contribution in [0.2, 0.25) is 0 Å². The molecule has 1 aromatic heterocycles. The van der Waals surface area contributed by atoms with Gasteiger partial charge in [-0.05, 0) is 43.6 Å². The highest BCUT2D eigenvalue weighted by Crippen LogP contribution is 2.22. The molecule has 0 saturated heterocycles. The van der Waals surface area contributed by atoms with Crippen molar-refractivity contribution in [2.45, 2.75) is 20.3 Å². The zero-order valence-electron chi connectivity index (χ0n) is 12.1. The van der Waals surface area contributed by atoms with E-state index < -0.39 is 0 Å². The monoisotopic (exact) mass is 285 g/mol. The molecule has 0 aromatic carbocycles. The Balaban J connectivity index is 2.14. The van der Waals surface area contributed by atoms with Gasteiger partial charge in [0.05, 0.1) is 19.1 Å². The van der Waals surface area contributed by atoms with Crippen molar-refractivity contribution in [3.05, 3.63) is 63.4 Å². The molecule has 0 radical (unpaired) electrons. The van der Waals surface area contributed by atoms with E-state index in [9.17, 15) is 0 Å². The molecule has 2 nitrogen and oxygen atoms in total. The van der Waals surface area contributed by atoms with Gasteiger partial charge < -0.3 is 4.74 Å². The second-order valence-electron chi connectivity index (χ2n) is 4.80. The van der Waals surface area contributed by atoms with Gasteiger partial charge >= 0.3 is 0 Å². The van der Waals surface area contributed by atoms with E-state index in [2.05, 4.69) is 54.6 Å². The molecule has 0 spiro atoms. The molecule has 104 valence electrons. The van der Waals surface area contributed by atoms with E-state index in [-0.39, 0.29) is 0 Å². The lowest BCUT2D eigenvalue weighted by molar-refractivity contribution is 0.334. The summed E-state index contributed by atoms with van der Waals surface area (Å²) in [6.07, 6.45) is 15.2. The lowest BCUT2D eigenvalue weighted by atomic mass is 9.99. The minimum Gasteiger partial charge on any atom is -0.504 e. The first kappa shape index (κ1) is 14.5. The molecule has 0 aliphatic heterocycles. The zero-order chi connectivity index (χ0) is 14.4. The quantitative estimate of drug-likeness (QED) is 0.727. The first-order valence-corrected chi connectivity index (χ1v) is 7.44. The highest BCUT2D eigenvalue weighted by molar-refractivity contribution is 7.10. The number of rotatable bonds is 4. The minimum atomic E-state index is 0.907. The third-order valence-electron chi connectivity index (χ3n) is 2.77. The molecular formula is C17H19NOS. The Labute approximate surface area is 124 Å². The van der Waals surface area contributed by atoms with Crippen molar-refractivity contribution in [3.8, 4) is 0 Å². The third-order valence-corrected chi connectivity index (χ3v) is 3.58.